The summed E-state index contributed by atoms with van der Waals surface area (Å²) >= 11 is 0. The number of nitrogens with zero attached hydrogens (tertiary/aromatic N) is 3. The van der Waals surface area contributed by atoms with Crippen molar-refractivity contribution in [3.8, 4) is 63.4 Å². The molecule has 1 aromatic heterocycles. The van der Waals surface area contributed by atoms with Gasteiger partial charge >= 0.3 is 0 Å². The van der Waals surface area contributed by atoms with Crippen LogP contribution in [0.2, 0.25) is 0 Å². The SMILES string of the molecule is CC#COc1ccc(-c2nc(-c3ccc(OC)cc3)nc(-c3cccc(C)c3O)n2)cc1. The van der Waals surface area contributed by atoms with Crippen molar-refractivity contribution in [1.29, 1.82) is 0 Å². The molecular formula is C26H21N3O3. The maximum absolute atomic E-state index is 10.6. The predicted octanol–water partition coefficient (Wildman–Crippen LogP) is 5.25. The van der Waals surface area contributed by atoms with Gasteiger partial charge in [0.05, 0.1) is 12.7 Å². The van der Waals surface area contributed by atoms with Crippen molar-refractivity contribution in [3.05, 3.63) is 72.3 Å². The number of phenolic OH excluding ortho intramolecular Hbond substituents is 1. The van der Waals surface area contributed by atoms with Gasteiger partial charge < -0.3 is 14.6 Å². The standard InChI is InChI=1S/C26H21N3O3/c1-4-16-32-21-14-10-19(11-15-21)25-27-24(18-8-12-20(31-3)13-9-18)28-26(29-25)22-7-5-6-17(2)23(22)30/h5-15,30H,1-3H3. The monoisotopic (exact) mass is 423 g/mol. The van der Waals surface area contributed by atoms with Gasteiger partial charge in [-0.2, -0.15) is 0 Å². The van der Waals surface area contributed by atoms with E-state index in [0.717, 1.165) is 22.4 Å². The van der Waals surface area contributed by atoms with Crippen molar-refractivity contribution in [2.75, 3.05) is 7.11 Å². The van der Waals surface area contributed by atoms with E-state index in [2.05, 4.69) is 27.0 Å². The Morgan fingerprint density at radius 3 is 1.88 bits per heavy atom. The smallest absolute Gasteiger partial charge is 0.167 e. The van der Waals surface area contributed by atoms with Gasteiger partial charge in [0.15, 0.2) is 17.5 Å². The van der Waals surface area contributed by atoms with Crippen LogP contribution in [0.1, 0.15) is 12.5 Å². The number of para-hydroxylation sites is 1. The van der Waals surface area contributed by atoms with Crippen LogP contribution in [0, 0.1) is 19.0 Å². The third kappa shape index (κ3) is 4.37. The lowest BCUT2D eigenvalue weighted by Gasteiger charge is -2.11. The van der Waals surface area contributed by atoms with Crippen LogP contribution < -0.4 is 9.47 Å². The second-order valence-corrected chi connectivity index (χ2v) is 6.98. The molecule has 158 valence electrons. The molecule has 1 N–H and O–H groups in total. The molecule has 0 aliphatic rings. The maximum Gasteiger partial charge on any atom is 0.167 e. The summed E-state index contributed by atoms with van der Waals surface area (Å²) in [7, 11) is 1.62. The zero-order valence-electron chi connectivity index (χ0n) is 18.0. The average Bonchev–Trinajstić information content (AvgIpc) is 2.84. The van der Waals surface area contributed by atoms with E-state index in [-0.39, 0.29) is 5.75 Å². The Morgan fingerprint density at radius 2 is 1.31 bits per heavy atom. The van der Waals surface area contributed by atoms with Gasteiger partial charge in [-0.15, -0.1) is 0 Å². The molecule has 0 amide bonds. The fourth-order valence-electron chi connectivity index (χ4n) is 3.12. The highest BCUT2D eigenvalue weighted by molar-refractivity contribution is 5.71. The van der Waals surface area contributed by atoms with E-state index in [9.17, 15) is 5.11 Å². The number of hydrogen-bond acceptors (Lipinski definition) is 6. The lowest BCUT2D eigenvalue weighted by atomic mass is 10.1. The lowest BCUT2D eigenvalue weighted by Crippen LogP contribution is -2.00. The van der Waals surface area contributed by atoms with Crippen LogP contribution in [0.3, 0.4) is 0 Å². The van der Waals surface area contributed by atoms with E-state index < -0.39 is 0 Å². The number of rotatable bonds is 5. The minimum atomic E-state index is 0.146. The Labute approximate surface area is 186 Å². The molecule has 1 heterocycles. The molecular weight excluding hydrogens is 402 g/mol. The molecule has 0 unspecified atom stereocenters. The molecule has 0 aliphatic heterocycles. The molecule has 4 rings (SSSR count). The third-order valence-electron chi connectivity index (χ3n) is 4.85. The summed E-state index contributed by atoms with van der Waals surface area (Å²) in [4.78, 5) is 14.0. The van der Waals surface area contributed by atoms with Gasteiger partial charge in [0.1, 0.15) is 23.4 Å². The predicted molar refractivity (Wildman–Crippen MR) is 123 cm³/mol. The zero-order chi connectivity index (χ0) is 22.5. The Balaban J connectivity index is 1.84. The fourth-order valence-corrected chi connectivity index (χ4v) is 3.12. The molecule has 6 heteroatoms. The van der Waals surface area contributed by atoms with E-state index in [1.165, 1.54) is 0 Å². The second kappa shape index (κ2) is 9.19. The van der Waals surface area contributed by atoms with E-state index in [4.69, 9.17) is 9.47 Å². The van der Waals surface area contributed by atoms with Gasteiger partial charge in [-0.3, -0.25) is 0 Å². The van der Waals surface area contributed by atoms with Crippen LogP contribution in [-0.4, -0.2) is 27.2 Å². The first kappa shape index (κ1) is 20.9. The Morgan fingerprint density at radius 1 is 0.750 bits per heavy atom. The van der Waals surface area contributed by atoms with Crippen LogP contribution in [0.15, 0.2) is 66.7 Å². The van der Waals surface area contributed by atoms with Gasteiger partial charge in [0, 0.05) is 18.1 Å². The van der Waals surface area contributed by atoms with Gasteiger partial charge in [0.2, 0.25) is 0 Å². The van der Waals surface area contributed by atoms with Crippen LogP contribution in [0.5, 0.6) is 17.2 Å². The number of aromatic hydroxyl groups is 1. The van der Waals surface area contributed by atoms with Crippen LogP contribution in [-0.2, 0) is 0 Å². The van der Waals surface area contributed by atoms with Crippen LogP contribution >= 0.6 is 0 Å². The zero-order valence-corrected chi connectivity index (χ0v) is 18.0. The summed E-state index contributed by atoms with van der Waals surface area (Å²) in [6.07, 6.45) is 2.58. The number of ether oxygens (including phenoxy) is 2. The van der Waals surface area contributed by atoms with Crippen LogP contribution in [0.4, 0.5) is 0 Å². The second-order valence-electron chi connectivity index (χ2n) is 6.98. The molecule has 3 aromatic carbocycles. The third-order valence-corrected chi connectivity index (χ3v) is 4.85. The Kier molecular flexibility index (Phi) is 6.00. The molecule has 0 saturated heterocycles. The molecule has 0 saturated carbocycles. The van der Waals surface area contributed by atoms with E-state index >= 15 is 0 Å². The molecule has 0 atom stereocenters. The maximum atomic E-state index is 10.6. The van der Waals surface area contributed by atoms with Crippen LogP contribution in [0.25, 0.3) is 34.2 Å². The molecule has 0 fully saturated rings. The first-order valence-corrected chi connectivity index (χ1v) is 9.97. The first-order valence-electron chi connectivity index (χ1n) is 9.97. The summed E-state index contributed by atoms with van der Waals surface area (Å²) < 4.78 is 10.6. The van der Waals surface area contributed by atoms with Crippen molar-refractivity contribution >= 4 is 0 Å². The largest absolute Gasteiger partial charge is 0.507 e. The fraction of sp³-hybridized carbons (Fsp3) is 0.115. The summed E-state index contributed by atoms with van der Waals surface area (Å²) in [5, 5.41) is 10.6. The number of hydrogen-bond donors (Lipinski definition) is 1. The molecule has 4 aromatic rings. The summed E-state index contributed by atoms with van der Waals surface area (Å²) in [5.74, 6) is 5.57. The molecule has 0 aliphatic carbocycles. The number of phenols is 1. The lowest BCUT2D eigenvalue weighted by molar-refractivity contribution is 0.415. The highest BCUT2D eigenvalue weighted by Gasteiger charge is 2.15. The molecule has 6 nitrogen and oxygen atoms in total. The first-order chi connectivity index (χ1) is 15.6. The average molecular weight is 423 g/mol. The molecule has 0 spiro atoms. The Bertz CT molecular complexity index is 1310. The minimum absolute atomic E-state index is 0.146. The van der Waals surface area contributed by atoms with Gasteiger partial charge in [-0.25, -0.2) is 15.0 Å². The number of benzene rings is 3. The van der Waals surface area contributed by atoms with Gasteiger partial charge in [0.25, 0.3) is 0 Å². The van der Waals surface area contributed by atoms with E-state index in [1.54, 1.807) is 32.2 Å². The van der Waals surface area contributed by atoms with E-state index in [0.29, 0.717) is 28.8 Å². The summed E-state index contributed by atoms with van der Waals surface area (Å²) in [6, 6.07) is 20.3. The highest BCUT2D eigenvalue weighted by atomic mass is 16.5. The summed E-state index contributed by atoms with van der Waals surface area (Å²) in [5.41, 5.74) is 2.88. The number of aryl methyl sites for hydroxylation is 1. The van der Waals surface area contributed by atoms with Gasteiger partial charge in [-0.05, 0) is 67.1 Å². The van der Waals surface area contributed by atoms with Crippen molar-refractivity contribution in [1.82, 2.24) is 15.0 Å². The number of methoxy groups -OCH3 is 1. The Hall–Kier alpha value is -4.37. The van der Waals surface area contributed by atoms with Gasteiger partial charge in [-0.1, -0.05) is 18.1 Å². The van der Waals surface area contributed by atoms with Crippen molar-refractivity contribution < 1.29 is 14.6 Å². The molecule has 0 radical (unpaired) electrons. The quantitative estimate of drug-likeness (QED) is 0.442. The minimum Gasteiger partial charge on any atom is -0.507 e. The van der Waals surface area contributed by atoms with E-state index in [1.807, 2.05) is 55.5 Å². The molecule has 32 heavy (non-hydrogen) atoms. The highest BCUT2D eigenvalue weighted by Crippen LogP contribution is 2.32. The normalized spacial score (nSPS) is 10.2. The number of aromatic nitrogens is 3. The van der Waals surface area contributed by atoms with Crippen molar-refractivity contribution in [2.45, 2.75) is 13.8 Å². The van der Waals surface area contributed by atoms with Crippen molar-refractivity contribution in [2.24, 2.45) is 0 Å². The van der Waals surface area contributed by atoms with Crippen molar-refractivity contribution in [3.63, 3.8) is 0 Å². The summed E-state index contributed by atoms with van der Waals surface area (Å²) in [6.45, 7) is 3.55. The molecule has 0 bridgehead atoms. The topological polar surface area (TPSA) is 77.4 Å².